The van der Waals surface area contributed by atoms with Crippen LogP contribution in [0.15, 0.2) is 0 Å². The van der Waals surface area contributed by atoms with Crippen LogP contribution in [0.2, 0.25) is 0 Å². The fraction of sp³-hybridized carbons (Fsp3) is 0.941. The Morgan fingerprint density at radius 1 is 1.10 bits per heavy atom. The van der Waals surface area contributed by atoms with Gasteiger partial charge in [-0.2, -0.15) is 0 Å². The summed E-state index contributed by atoms with van der Waals surface area (Å²) in [6, 6.07) is 0.349. The predicted molar refractivity (Wildman–Crippen MR) is 82.8 cm³/mol. The summed E-state index contributed by atoms with van der Waals surface area (Å²) in [7, 11) is 0. The minimum Gasteiger partial charge on any atom is -0.368 e. The molecule has 2 N–H and O–H groups in total. The molecule has 1 heterocycles. The number of carbonyl (C=O) groups excluding carboxylic acids is 1. The van der Waals surface area contributed by atoms with Crippen molar-refractivity contribution in [2.45, 2.75) is 64.0 Å². The number of hydrogen-bond acceptors (Lipinski definition) is 3. The molecule has 3 aliphatic rings. The van der Waals surface area contributed by atoms with E-state index < -0.39 is 0 Å². The first kappa shape index (κ1) is 15.3. The predicted octanol–water partition coefficient (Wildman–Crippen LogP) is 2.17. The largest absolute Gasteiger partial charge is 0.368 e. The van der Waals surface area contributed by atoms with Crippen LogP contribution in [0.25, 0.3) is 0 Å². The molecule has 2 saturated carbocycles. The second-order valence-electron chi connectivity index (χ2n) is 7.58. The lowest BCUT2D eigenvalue weighted by Crippen LogP contribution is -2.34. The Bertz CT molecular complexity index is 366. The Balaban J connectivity index is 1.42. The van der Waals surface area contributed by atoms with Gasteiger partial charge in [0.25, 0.3) is 0 Å². The highest BCUT2D eigenvalue weighted by atomic mass is 16.5. The van der Waals surface area contributed by atoms with Crippen molar-refractivity contribution in [3.05, 3.63) is 0 Å². The highest BCUT2D eigenvalue weighted by Gasteiger charge is 2.38. The van der Waals surface area contributed by atoms with Crippen molar-refractivity contribution in [1.82, 2.24) is 4.90 Å². The number of fused-ring (bicyclic) bond motifs is 1. The van der Waals surface area contributed by atoms with Crippen LogP contribution < -0.4 is 5.73 Å². The van der Waals surface area contributed by atoms with E-state index in [4.69, 9.17) is 10.5 Å². The normalized spacial score (nSPS) is 40.1. The zero-order chi connectivity index (χ0) is 14.8. The number of hydrogen-bond donors (Lipinski definition) is 1. The monoisotopic (exact) mass is 294 g/mol. The molecule has 2 aliphatic carbocycles. The summed E-state index contributed by atoms with van der Waals surface area (Å²) in [5.41, 5.74) is 6.05. The summed E-state index contributed by atoms with van der Waals surface area (Å²) in [5, 5.41) is 0. The molecule has 21 heavy (non-hydrogen) atoms. The van der Waals surface area contributed by atoms with E-state index in [1.165, 1.54) is 19.3 Å². The van der Waals surface area contributed by atoms with Gasteiger partial charge in [0.15, 0.2) is 0 Å². The van der Waals surface area contributed by atoms with Gasteiger partial charge in [0.1, 0.15) is 6.61 Å². The molecule has 120 valence electrons. The quantitative estimate of drug-likeness (QED) is 0.868. The summed E-state index contributed by atoms with van der Waals surface area (Å²) in [6.45, 7) is 4.42. The van der Waals surface area contributed by atoms with Gasteiger partial charge in [0, 0.05) is 19.1 Å². The molecule has 1 saturated heterocycles. The maximum absolute atomic E-state index is 12.3. The van der Waals surface area contributed by atoms with E-state index in [1.807, 2.05) is 4.90 Å². The van der Waals surface area contributed by atoms with Gasteiger partial charge in [0.05, 0.1) is 6.10 Å². The van der Waals surface area contributed by atoms with Gasteiger partial charge in [0.2, 0.25) is 5.91 Å². The fourth-order valence-corrected chi connectivity index (χ4v) is 4.35. The van der Waals surface area contributed by atoms with E-state index in [0.717, 1.165) is 44.7 Å². The smallest absolute Gasteiger partial charge is 0.248 e. The molecule has 0 aromatic heterocycles. The van der Waals surface area contributed by atoms with Crippen LogP contribution in [0.3, 0.4) is 0 Å². The highest BCUT2D eigenvalue weighted by molar-refractivity contribution is 5.77. The molecule has 4 heteroatoms. The van der Waals surface area contributed by atoms with Crippen LogP contribution in [0, 0.1) is 17.8 Å². The molecule has 3 rings (SSSR count). The fourth-order valence-electron chi connectivity index (χ4n) is 4.35. The van der Waals surface area contributed by atoms with Crippen molar-refractivity contribution in [3.8, 4) is 0 Å². The summed E-state index contributed by atoms with van der Waals surface area (Å²) in [4.78, 5) is 14.4. The van der Waals surface area contributed by atoms with Crippen LogP contribution in [-0.4, -0.2) is 42.6 Å². The summed E-state index contributed by atoms with van der Waals surface area (Å²) in [5.74, 6) is 2.33. The second-order valence-corrected chi connectivity index (χ2v) is 7.58. The van der Waals surface area contributed by atoms with Gasteiger partial charge in [-0.05, 0) is 62.7 Å². The van der Waals surface area contributed by atoms with Gasteiger partial charge < -0.3 is 15.4 Å². The van der Waals surface area contributed by atoms with Crippen molar-refractivity contribution < 1.29 is 9.53 Å². The minimum atomic E-state index is 0.191. The van der Waals surface area contributed by atoms with E-state index >= 15 is 0 Å². The van der Waals surface area contributed by atoms with E-state index in [1.54, 1.807) is 0 Å². The van der Waals surface area contributed by atoms with Crippen molar-refractivity contribution in [1.29, 1.82) is 0 Å². The third-order valence-corrected chi connectivity index (χ3v) is 5.85. The molecule has 3 atom stereocenters. The van der Waals surface area contributed by atoms with Crippen LogP contribution in [0.1, 0.15) is 51.9 Å². The molecule has 3 unspecified atom stereocenters. The first-order chi connectivity index (χ1) is 10.1. The average molecular weight is 294 g/mol. The molecule has 0 bridgehead atoms. The maximum Gasteiger partial charge on any atom is 0.248 e. The molecule has 3 fully saturated rings. The molecule has 0 aromatic carbocycles. The number of nitrogens with two attached hydrogens (primary N) is 1. The zero-order valence-corrected chi connectivity index (χ0v) is 13.3. The van der Waals surface area contributed by atoms with Gasteiger partial charge in [-0.1, -0.05) is 6.92 Å². The third-order valence-electron chi connectivity index (χ3n) is 5.85. The average Bonchev–Trinajstić information content (AvgIpc) is 2.89. The van der Waals surface area contributed by atoms with E-state index in [2.05, 4.69) is 6.92 Å². The van der Waals surface area contributed by atoms with Gasteiger partial charge >= 0.3 is 0 Å². The van der Waals surface area contributed by atoms with Gasteiger partial charge in [-0.25, -0.2) is 0 Å². The number of ether oxygens (including phenoxy) is 1. The zero-order valence-electron chi connectivity index (χ0n) is 13.3. The van der Waals surface area contributed by atoms with E-state index in [-0.39, 0.29) is 12.5 Å². The molecule has 0 spiro atoms. The topological polar surface area (TPSA) is 55.6 Å². The number of rotatable bonds is 3. The second kappa shape index (κ2) is 6.66. The number of amides is 1. The van der Waals surface area contributed by atoms with E-state index in [0.29, 0.717) is 24.0 Å². The highest BCUT2D eigenvalue weighted by Crippen LogP contribution is 2.35. The Morgan fingerprint density at radius 3 is 2.57 bits per heavy atom. The maximum atomic E-state index is 12.3. The number of carbonyl (C=O) groups is 1. The number of likely N-dealkylation sites (tertiary alicyclic amines) is 1. The third kappa shape index (κ3) is 3.78. The van der Waals surface area contributed by atoms with Crippen molar-refractivity contribution >= 4 is 5.91 Å². The molecule has 0 aromatic rings. The Kier molecular flexibility index (Phi) is 4.85. The Labute approximate surface area is 128 Å². The van der Waals surface area contributed by atoms with Crippen LogP contribution in [-0.2, 0) is 9.53 Å². The summed E-state index contributed by atoms with van der Waals surface area (Å²) < 4.78 is 5.86. The number of nitrogens with zero attached hydrogens (tertiary/aromatic N) is 1. The molecule has 1 aliphatic heterocycles. The van der Waals surface area contributed by atoms with Crippen LogP contribution in [0.4, 0.5) is 0 Å². The Morgan fingerprint density at radius 2 is 1.81 bits per heavy atom. The minimum absolute atomic E-state index is 0.191. The standard InChI is InChI=1S/C17H30N2O2/c1-12-2-6-16(7-3-12)21-11-17(20)19-9-13-4-5-15(18)8-14(13)10-19/h12-16H,2-11,18H2,1H3. The van der Waals surface area contributed by atoms with Gasteiger partial charge in [-0.15, -0.1) is 0 Å². The molecular weight excluding hydrogens is 264 g/mol. The SMILES string of the molecule is CC1CCC(OCC(=O)N2CC3CCC(N)CC3C2)CC1. The van der Waals surface area contributed by atoms with E-state index in [9.17, 15) is 4.79 Å². The lowest BCUT2D eigenvalue weighted by Gasteiger charge is -2.27. The molecule has 4 nitrogen and oxygen atoms in total. The summed E-state index contributed by atoms with van der Waals surface area (Å²) >= 11 is 0. The van der Waals surface area contributed by atoms with Crippen molar-refractivity contribution in [3.63, 3.8) is 0 Å². The lowest BCUT2D eigenvalue weighted by atomic mass is 9.79. The van der Waals surface area contributed by atoms with Crippen LogP contribution in [0.5, 0.6) is 0 Å². The molecule has 0 radical (unpaired) electrons. The summed E-state index contributed by atoms with van der Waals surface area (Å²) in [6.07, 6.45) is 8.44. The van der Waals surface area contributed by atoms with Gasteiger partial charge in [-0.3, -0.25) is 4.79 Å². The lowest BCUT2D eigenvalue weighted by molar-refractivity contribution is -0.138. The molecule has 1 amide bonds. The first-order valence-electron chi connectivity index (χ1n) is 8.76. The first-order valence-corrected chi connectivity index (χ1v) is 8.76. The molecular formula is C17H30N2O2. The van der Waals surface area contributed by atoms with Crippen molar-refractivity contribution in [2.24, 2.45) is 23.5 Å². The van der Waals surface area contributed by atoms with Crippen molar-refractivity contribution in [2.75, 3.05) is 19.7 Å². The Hall–Kier alpha value is -0.610. The van der Waals surface area contributed by atoms with Crippen LogP contribution >= 0.6 is 0 Å².